The van der Waals surface area contributed by atoms with Crippen molar-refractivity contribution in [1.82, 2.24) is 5.32 Å². The molecule has 0 spiro atoms. The van der Waals surface area contributed by atoms with Crippen LogP contribution in [0.2, 0.25) is 0 Å². The first-order valence-electron chi connectivity index (χ1n) is 6.09. The lowest BCUT2D eigenvalue weighted by Gasteiger charge is -2.38. The van der Waals surface area contributed by atoms with Gasteiger partial charge in [-0.25, -0.2) is 4.79 Å². The molecule has 142 valence electrons. The van der Waals surface area contributed by atoms with E-state index in [0.717, 1.165) is 12.1 Å². The van der Waals surface area contributed by atoms with E-state index in [0.29, 0.717) is 0 Å². The Morgan fingerprint density at radius 2 is 1.24 bits per heavy atom. The lowest BCUT2D eigenvalue weighted by molar-refractivity contribution is -0.386. The highest BCUT2D eigenvalue weighted by Crippen LogP contribution is 2.52. The minimum absolute atomic E-state index is 0.0288. The van der Waals surface area contributed by atoms with Gasteiger partial charge in [-0.2, -0.15) is 39.5 Å². The fourth-order valence-corrected chi connectivity index (χ4v) is 1.70. The highest BCUT2D eigenvalue weighted by Gasteiger charge is 2.84. The number of nitrogens with one attached hydrogen (secondary N) is 2. The van der Waals surface area contributed by atoms with Gasteiger partial charge in [0.2, 0.25) is 0 Å². The summed E-state index contributed by atoms with van der Waals surface area (Å²) in [6, 6.07) is 1.97. The van der Waals surface area contributed by atoms with Gasteiger partial charge in [-0.05, 0) is 24.3 Å². The van der Waals surface area contributed by atoms with Crippen LogP contribution in [0, 0.1) is 0 Å². The normalized spacial score (nSPS) is 13.4. The molecule has 1 aromatic rings. The van der Waals surface area contributed by atoms with Crippen molar-refractivity contribution in [3.05, 3.63) is 24.3 Å². The topological polar surface area (TPSA) is 50.4 Å². The quantitative estimate of drug-likeness (QED) is 0.766. The van der Waals surface area contributed by atoms with Crippen LogP contribution < -0.4 is 15.4 Å². The number of carbonyl (C=O) groups excluding carboxylic acids is 1. The number of methoxy groups -OCH3 is 1. The number of hydrogen-bond donors (Lipinski definition) is 2. The molecule has 0 aliphatic carbocycles. The van der Waals surface area contributed by atoms with Crippen LogP contribution in [0.4, 0.5) is 50.0 Å². The summed E-state index contributed by atoms with van der Waals surface area (Å²) < 4.78 is 119. The summed E-state index contributed by atoms with van der Waals surface area (Å²) in [5.41, 5.74) is -6.79. The first-order valence-corrected chi connectivity index (χ1v) is 6.09. The Morgan fingerprint density at radius 1 is 0.840 bits per heavy atom. The van der Waals surface area contributed by atoms with Crippen molar-refractivity contribution in [1.29, 1.82) is 0 Å². The molecule has 0 bridgehead atoms. The van der Waals surface area contributed by atoms with Gasteiger partial charge in [-0.1, -0.05) is 0 Å². The molecule has 0 fully saturated rings. The smallest absolute Gasteiger partial charge is 0.429 e. The molecule has 0 atom stereocenters. The van der Waals surface area contributed by atoms with Gasteiger partial charge in [0, 0.05) is 5.69 Å². The molecule has 0 aliphatic rings. The molecule has 0 saturated heterocycles. The van der Waals surface area contributed by atoms with Gasteiger partial charge in [0.05, 0.1) is 7.11 Å². The first kappa shape index (κ1) is 20.7. The Hall–Kier alpha value is -2.34. The molecular formula is C12H9F9N2O2. The van der Waals surface area contributed by atoms with E-state index in [9.17, 15) is 44.3 Å². The molecule has 1 aromatic carbocycles. The summed E-state index contributed by atoms with van der Waals surface area (Å²) in [6.07, 6.45) is -20.7. The maximum atomic E-state index is 12.7. The molecule has 0 aromatic heterocycles. The minimum atomic E-state index is -6.89. The second-order valence-corrected chi connectivity index (χ2v) is 4.55. The SMILES string of the molecule is COc1ccc(NC(=O)NC(C(F)(F)F)(C(F)(F)F)C(F)(F)F)cc1. The van der Waals surface area contributed by atoms with Crippen molar-refractivity contribution in [2.24, 2.45) is 0 Å². The van der Waals surface area contributed by atoms with E-state index in [2.05, 4.69) is 0 Å². The summed E-state index contributed by atoms with van der Waals surface area (Å²) >= 11 is 0. The third kappa shape index (κ3) is 4.02. The summed E-state index contributed by atoms with van der Waals surface area (Å²) in [5, 5.41) is 1.43. The van der Waals surface area contributed by atoms with E-state index < -0.39 is 30.1 Å². The van der Waals surface area contributed by atoms with Gasteiger partial charge in [-0.3, -0.25) is 0 Å². The van der Waals surface area contributed by atoms with Gasteiger partial charge in [0.25, 0.3) is 0 Å². The van der Waals surface area contributed by atoms with Crippen LogP contribution in [0.3, 0.4) is 0 Å². The Bertz CT molecular complexity index is 569. The second-order valence-electron chi connectivity index (χ2n) is 4.55. The number of rotatable bonds is 3. The zero-order valence-electron chi connectivity index (χ0n) is 12.0. The summed E-state index contributed by atoms with van der Waals surface area (Å²) in [6.45, 7) is 0. The molecule has 0 saturated carbocycles. The summed E-state index contributed by atoms with van der Waals surface area (Å²) in [7, 11) is 1.25. The molecule has 4 nitrogen and oxygen atoms in total. The van der Waals surface area contributed by atoms with Crippen molar-refractivity contribution in [3.8, 4) is 5.75 Å². The summed E-state index contributed by atoms with van der Waals surface area (Å²) in [4.78, 5) is 11.4. The molecule has 25 heavy (non-hydrogen) atoms. The maximum absolute atomic E-state index is 12.7. The van der Waals surface area contributed by atoms with Gasteiger partial charge >= 0.3 is 30.1 Å². The first-order chi connectivity index (χ1) is 11.2. The fourth-order valence-electron chi connectivity index (χ4n) is 1.70. The van der Waals surface area contributed by atoms with Crippen LogP contribution in [0.1, 0.15) is 0 Å². The van der Waals surface area contributed by atoms with Crippen molar-refractivity contribution >= 4 is 11.7 Å². The van der Waals surface area contributed by atoms with E-state index >= 15 is 0 Å². The molecule has 0 heterocycles. The van der Waals surface area contributed by atoms with Crippen LogP contribution >= 0.6 is 0 Å². The molecule has 0 unspecified atom stereocenters. The predicted octanol–water partition coefficient (Wildman–Crippen LogP) is 4.24. The number of carbonyl (C=O) groups is 1. The van der Waals surface area contributed by atoms with Crippen molar-refractivity contribution in [3.63, 3.8) is 0 Å². The van der Waals surface area contributed by atoms with Crippen molar-refractivity contribution < 1.29 is 49.0 Å². The van der Waals surface area contributed by atoms with Crippen LogP contribution in [0.15, 0.2) is 24.3 Å². The molecule has 2 N–H and O–H groups in total. The van der Waals surface area contributed by atoms with Crippen LogP contribution in [0.5, 0.6) is 5.75 Å². The zero-order valence-corrected chi connectivity index (χ0v) is 12.0. The average molecular weight is 384 g/mol. The Morgan fingerprint density at radius 3 is 1.56 bits per heavy atom. The predicted molar refractivity (Wildman–Crippen MR) is 66.0 cm³/mol. The van der Waals surface area contributed by atoms with Gasteiger partial charge < -0.3 is 15.4 Å². The number of amides is 2. The number of alkyl halides is 9. The lowest BCUT2D eigenvalue weighted by Crippen LogP contribution is -2.75. The number of hydrogen-bond acceptors (Lipinski definition) is 2. The highest BCUT2D eigenvalue weighted by molar-refractivity contribution is 5.90. The number of benzene rings is 1. The van der Waals surface area contributed by atoms with E-state index in [1.54, 1.807) is 0 Å². The lowest BCUT2D eigenvalue weighted by atomic mass is 9.97. The van der Waals surface area contributed by atoms with Crippen molar-refractivity contribution in [2.75, 3.05) is 12.4 Å². The van der Waals surface area contributed by atoms with E-state index in [1.807, 2.05) is 0 Å². The van der Waals surface area contributed by atoms with E-state index in [-0.39, 0.29) is 16.8 Å². The second kappa shape index (κ2) is 6.52. The number of urea groups is 1. The third-order valence-corrected chi connectivity index (χ3v) is 2.92. The van der Waals surface area contributed by atoms with Crippen molar-refractivity contribution in [2.45, 2.75) is 24.1 Å². The van der Waals surface area contributed by atoms with E-state index in [1.165, 1.54) is 24.6 Å². The largest absolute Gasteiger partial charge is 0.497 e. The van der Waals surface area contributed by atoms with Crippen LogP contribution in [-0.4, -0.2) is 37.2 Å². The molecule has 2 amide bonds. The van der Waals surface area contributed by atoms with Gasteiger partial charge in [0.15, 0.2) is 0 Å². The number of ether oxygens (including phenoxy) is 1. The highest BCUT2D eigenvalue weighted by atomic mass is 19.4. The average Bonchev–Trinajstić information content (AvgIpc) is 2.41. The molecule has 1 rings (SSSR count). The molecule has 0 aliphatic heterocycles. The molecule has 13 heteroatoms. The maximum Gasteiger partial charge on any atom is 0.429 e. The summed E-state index contributed by atoms with van der Waals surface area (Å²) in [5.74, 6) is 0.223. The number of anilines is 1. The van der Waals surface area contributed by atoms with Gasteiger partial charge in [0.1, 0.15) is 5.75 Å². The standard InChI is InChI=1S/C12H9F9N2O2/c1-25-7-4-2-6(3-5-7)22-8(24)23-9(10(13,14)15,11(16,17)18)12(19,20)21/h2-5H,1H3,(H2,22,23,24). The number of halogens is 9. The van der Waals surface area contributed by atoms with Gasteiger partial charge in [-0.15, -0.1) is 0 Å². The Labute approximate surface area is 133 Å². The Kier molecular flexibility index (Phi) is 5.40. The minimum Gasteiger partial charge on any atom is -0.497 e. The van der Waals surface area contributed by atoms with Crippen LogP contribution in [-0.2, 0) is 0 Å². The zero-order chi connectivity index (χ0) is 19.7. The molecule has 0 radical (unpaired) electrons. The third-order valence-electron chi connectivity index (χ3n) is 2.92. The molecular weight excluding hydrogens is 375 g/mol. The fraction of sp³-hybridized carbons (Fsp3) is 0.417. The van der Waals surface area contributed by atoms with Crippen LogP contribution in [0.25, 0.3) is 0 Å². The van der Waals surface area contributed by atoms with E-state index in [4.69, 9.17) is 4.74 Å². The monoisotopic (exact) mass is 384 g/mol. The Balaban J connectivity index is 3.18.